The van der Waals surface area contributed by atoms with E-state index in [1.54, 1.807) is 39.4 Å². The van der Waals surface area contributed by atoms with E-state index in [1.807, 2.05) is 13.0 Å². The van der Waals surface area contributed by atoms with E-state index in [0.717, 1.165) is 11.4 Å². The van der Waals surface area contributed by atoms with Crippen molar-refractivity contribution in [3.63, 3.8) is 0 Å². The lowest BCUT2D eigenvalue weighted by Crippen LogP contribution is -2.50. The van der Waals surface area contributed by atoms with E-state index < -0.39 is 29.6 Å². The summed E-state index contributed by atoms with van der Waals surface area (Å²) < 4.78 is 11.7. The normalized spacial score (nSPS) is 12.2. The molecule has 1 aromatic rings. The van der Waals surface area contributed by atoms with Crippen molar-refractivity contribution in [3.05, 3.63) is 17.5 Å². The van der Waals surface area contributed by atoms with Crippen molar-refractivity contribution in [3.8, 4) is 0 Å². The van der Waals surface area contributed by atoms with Crippen LogP contribution in [-0.2, 0) is 32.5 Å². The molecule has 0 aliphatic heterocycles. The first-order valence-electron chi connectivity index (χ1n) is 8.44. The summed E-state index contributed by atoms with van der Waals surface area (Å²) >= 11 is 0. The van der Waals surface area contributed by atoms with E-state index >= 15 is 0 Å². The summed E-state index contributed by atoms with van der Waals surface area (Å²) in [6, 6.07) is 0.925. The number of nitrogens with zero attached hydrogens (tertiary/aromatic N) is 2. The minimum atomic E-state index is -0.903. The second kappa shape index (κ2) is 9.21. The predicted molar refractivity (Wildman–Crippen MR) is 94.2 cm³/mol. The molecule has 0 saturated carbocycles. The number of aryl methyl sites for hydroxylation is 2. The van der Waals surface area contributed by atoms with Crippen LogP contribution in [0.5, 0.6) is 0 Å². The number of rotatable bonds is 7. The lowest BCUT2D eigenvalue weighted by atomic mass is 10.1. The second-order valence-corrected chi connectivity index (χ2v) is 6.86. The van der Waals surface area contributed by atoms with E-state index in [0.29, 0.717) is 0 Å². The number of carbonyl (C=O) groups excluding carboxylic acids is 3. The number of alkyl carbamates (subject to hydrolysis) is 1. The molecule has 1 atom stereocenters. The Balaban J connectivity index is 2.79. The van der Waals surface area contributed by atoms with Crippen LogP contribution >= 0.6 is 0 Å². The Morgan fingerprint density at radius 3 is 2.46 bits per heavy atom. The van der Waals surface area contributed by atoms with Gasteiger partial charge in [-0.05, 0) is 33.8 Å². The molecule has 146 valence electrons. The molecule has 0 spiro atoms. The number of nitrogens with one attached hydrogen (secondary N) is 2. The Kier molecular flexibility index (Phi) is 7.60. The first kappa shape index (κ1) is 21.5. The largest absolute Gasteiger partial charge is 0.444 e. The molecule has 0 bridgehead atoms. The number of aromatic nitrogens is 2. The average Bonchev–Trinajstić information content (AvgIpc) is 2.82. The molecule has 0 aliphatic rings. The van der Waals surface area contributed by atoms with Crippen LogP contribution in [0.2, 0.25) is 0 Å². The van der Waals surface area contributed by atoms with Gasteiger partial charge in [0.25, 0.3) is 0 Å². The van der Waals surface area contributed by atoms with Gasteiger partial charge in [-0.1, -0.05) is 6.92 Å². The summed E-state index contributed by atoms with van der Waals surface area (Å²) in [5, 5.41) is 9.27. The van der Waals surface area contributed by atoms with Crippen LogP contribution in [0.1, 0.15) is 45.5 Å². The van der Waals surface area contributed by atoms with Gasteiger partial charge in [-0.2, -0.15) is 5.10 Å². The highest BCUT2D eigenvalue weighted by Crippen LogP contribution is 2.09. The summed E-state index contributed by atoms with van der Waals surface area (Å²) in [6.45, 7) is 8.43. The number of carbonyl (C=O) groups is 3. The van der Waals surface area contributed by atoms with Crippen LogP contribution in [0.4, 0.5) is 4.79 Å². The SMILES string of the molecule is CCC(=O)OCNC(=O)[C@@H](Cc1cc(C)nn1C)NC(=O)OC(C)(C)C. The van der Waals surface area contributed by atoms with Crippen molar-refractivity contribution in [1.29, 1.82) is 0 Å². The Labute approximate surface area is 153 Å². The third-order valence-electron chi connectivity index (χ3n) is 3.29. The molecular formula is C17H28N4O5. The van der Waals surface area contributed by atoms with Gasteiger partial charge in [-0.15, -0.1) is 0 Å². The molecule has 2 amide bonds. The summed E-state index contributed by atoms with van der Waals surface area (Å²) in [5.41, 5.74) is 0.880. The average molecular weight is 368 g/mol. The second-order valence-electron chi connectivity index (χ2n) is 6.86. The molecule has 0 aromatic carbocycles. The Morgan fingerprint density at radius 2 is 1.96 bits per heavy atom. The zero-order valence-corrected chi connectivity index (χ0v) is 16.2. The van der Waals surface area contributed by atoms with Gasteiger partial charge in [0.05, 0.1) is 5.69 Å². The van der Waals surface area contributed by atoms with Gasteiger partial charge in [0.15, 0.2) is 6.73 Å². The molecule has 0 unspecified atom stereocenters. The molecular weight excluding hydrogens is 340 g/mol. The van der Waals surface area contributed by atoms with Crippen molar-refractivity contribution in [2.75, 3.05) is 6.73 Å². The third kappa shape index (κ3) is 7.54. The van der Waals surface area contributed by atoms with Crippen LogP contribution in [0, 0.1) is 6.92 Å². The molecule has 1 heterocycles. The fourth-order valence-corrected chi connectivity index (χ4v) is 2.14. The number of ether oxygens (including phenoxy) is 2. The molecule has 0 radical (unpaired) electrons. The van der Waals surface area contributed by atoms with Crippen LogP contribution in [0.15, 0.2) is 6.07 Å². The summed E-state index contributed by atoms with van der Waals surface area (Å²) in [7, 11) is 1.76. The van der Waals surface area contributed by atoms with Gasteiger partial charge in [0, 0.05) is 25.6 Å². The maximum absolute atomic E-state index is 12.4. The molecule has 26 heavy (non-hydrogen) atoms. The molecule has 0 saturated heterocycles. The smallest absolute Gasteiger partial charge is 0.408 e. The first-order chi connectivity index (χ1) is 12.0. The zero-order valence-electron chi connectivity index (χ0n) is 16.2. The highest BCUT2D eigenvalue weighted by molar-refractivity contribution is 5.86. The van der Waals surface area contributed by atoms with Crippen LogP contribution in [0.25, 0.3) is 0 Å². The molecule has 9 nitrogen and oxygen atoms in total. The van der Waals surface area contributed by atoms with Crippen LogP contribution in [0.3, 0.4) is 0 Å². The lowest BCUT2D eigenvalue weighted by Gasteiger charge is -2.23. The molecule has 0 fully saturated rings. The van der Waals surface area contributed by atoms with Crippen molar-refractivity contribution in [1.82, 2.24) is 20.4 Å². The Morgan fingerprint density at radius 1 is 1.31 bits per heavy atom. The fraction of sp³-hybridized carbons (Fsp3) is 0.647. The van der Waals surface area contributed by atoms with Gasteiger partial charge in [-0.3, -0.25) is 14.3 Å². The third-order valence-corrected chi connectivity index (χ3v) is 3.29. The monoisotopic (exact) mass is 368 g/mol. The van der Waals surface area contributed by atoms with Gasteiger partial charge in [-0.25, -0.2) is 4.79 Å². The molecule has 0 aliphatic carbocycles. The maximum Gasteiger partial charge on any atom is 0.408 e. The van der Waals surface area contributed by atoms with Gasteiger partial charge >= 0.3 is 12.1 Å². The standard InChI is InChI=1S/C17H28N4O5/c1-7-14(22)25-10-18-15(23)13(19-16(24)26-17(3,4)5)9-12-8-11(2)20-21(12)6/h8,13H,7,9-10H2,1-6H3,(H,18,23)(H,19,24)/t13-/m1/s1. The van der Waals surface area contributed by atoms with Crippen molar-refractivity contribution in [2.24, 2.45) is 7.05 Å². The van der Waals surface area contributed by atoms with Crippen molar-refractivity contribution >= 4 is 18.0 Å². The highest BCUT2D eigenvalue weighted by atomic mass is 16.6. The lowest BCUT2D eigenvalue weighted by molar-refractivity contribution is -0.145. The van der Waals surface area contributed by atoms with Gasteiger partial charge in [0.1, 0.15) is 11.6 Å². The van der Waals surface area contributed by atoms with Crippen LogP contribution in [-0.4, -0.2) is 46.1 Å². The van der Waals surface area contributed by atoms with Crippen LogP contribution < -0.4 is 10.6 Å². The minimum absolute atomic E-state index is 0.212. The van der Waals surface area contributed by atoms with E-state index in [1.165, 1.54) is 0 Å². The van der Waals surface area contributed by atoms with E-state index in [2.05, 4.69) is 15.7 Å². The van der Waals surface area contributed by atoms with E-state index in [-0.39, 0.29) is 19.6 Å². The summed E-state index contributed by atoms with van der Waals surface area (Å²) in [4.78, 5) is 35.7. The topological polar surface area (TPSA) is 112 Å². The number of hydrogen-bond acceptors (Lipinski definition) is 6. The number of hydrogen-bond donors (Lipinski definition) is 2. The molecule has 2 N–H and O–H groups in total. The summed E-state index contributed by atoms with van der Waals surface area (Å²) in [5.74, 6) is -0.914. The number of esters is 1. The Bertz CT molecular complexity index is 648. The van der Waals surface area contributed by atoms with Gasteiger partial charge in [0.2, 0.25) is 5.91 Å². The van der Waals surface area contributed by atoms with E-state index in [9.17, 15) is 14.4 Å². The van der Waals surface area contributed by atoms with Crippen molar-refractivity contribution in [2.45, 2.75) is 59.1 Å². The van der Waals surface area contributed by atoms with E-state index in [4.69, 9.17) is 9.47 Å². The molecule has 1 rings (SSSR count). The maximum atomic E-state index is 12.4. The van der Waals surface area contributed by atoms with Gasteiger partial charge < -0.3 is 20.1 Å². The summed E-state index contributed by atoms with van der Waals surface area (Å²) in [6.07, 6.45) is -0.282. The fourth-order valence-electron chi connectivity index (χ4n) is 2.14. The highest BCUT2D eigenvalue weighted by Gasteiger charge is 2.25. The molecule has 1 aromatic heterocycles. The number of amides is 2. The Hall–Kier alpha value is -2.58. The predicted octanol–water partition coefficient (Wildman–Crippen LogP) is 1.19. The van der Waals surface area contributed by atoms with Crippen molar-refractivity contribution < 1.29 is 23.9 Å². The first-order valence-corrected chi connectivity index (χ1v) is 8.44. The zero-order chi connectivity index (χ0) is 19.9. The molecule has 9 heteroatoms. The minimum Gasteiger partial charge on any atom is -0.444 e. The quantitative estimate of drug-likeness (QED) is 0.552.